The Balaban J connectivity index is 2.14. The summed E-state index contributed by atoms with van der Waals surface area (Å²) in [6.45, 7) is 0. The number of rotatable bonds is 3. The molecule has 0 atom stereocenters. The molecule has 0 fully saturated rings. The molecule has 0 bridgehead atoms. The molecule has 0 radical (unpaired) electrons. The Hall–Kier alpha value is -2.40. The highest BCUT2D eigenvalue weighted by Crippen LogP contribution is 2.22. The van der Waals surface area contributed by atoms with Crippen molar-refractivity contribution in [3.63, 3.8) is 0 Å². The molecule has 3 rings (SSSR count). The second-order valence-electron chi connectivity index (χ2n) is 4.47. The van der Waals surface area contributed by atoms with Crippen LogP contribution >= 0.6 is 15.9 Å². The van der Waals surface area contributed by atoms with Crippen molar-refractivity contribution in [1.29, 1.82) is 0 Å². The molecule has 0 saturated heterocycles. The van der Waals surface area contributed by atoms with Crippen molar-refractivity contribution in [3.8, 4) is 16.9 Å². The van der Waals surface area contributed by atoms with E-state index in [1.807, 2.05) is 54.6 Å². The maximum absolute atomic E-state index is 11.4. The van der Waals surface area contributed by atoms with Gasteiger partial charge in [0.1, 0.15) is 0 Å². The Morgan fingerprint density at radius 1 is 1.05 bits per heavy atom. The van der Waals surface area contributed by atoms with E-state index in [-0.39, 0.29) is 5.69 Å². The Morgan fingerprint density at radius 3 is 2.33 bits per heavy atom. The average molecular weight is 343 g/mol. The molecule has 1 aromatic heterocycles. The van der Waals surface area contributed by atoms with Crippen molar-refractivity contribution in [1.82, 2.24) is 9.78 Å². The van der Waals surface area contributed by atoms with Gasteiger partial charge < -0.3 is 5.11 Å². The molecule has 5 heteroatoms. The third kappa shape index (κ3) is 2.73. The second-order valence-corrected chi connectivity index (χ2v) is 5.39. The van der Waals surface area contributed by atoms with E-state index in [0.717, 1.165) is 10.0 Å². The molecule has 1 heterocycles. The van der Waals surface area contributed by atoms with Crippen molar-refractivity contribution in [3.05, 3.63) is 70.8 Å². The highest BCUT2D eigenvalue weighted by atomic mass is 79.9. The van der Waals surface area contributed by atoms with E-state index in [9.17, 15) is 9.90 Å². The number of hydrogen-bond donors (Lipinski definition) is 1. The monoisotopic (exact) mass is 342 g/mol. The quantitative estimate of drug-likeness (QED) is 0.782. The van der Waals surface area contributed by atoms with Crippen LogP contribution in [0.4, 0.5) is 0 Å². The molecule has 0 aliphatic rings. The van der Waals surface area contributed by atoms with Gasteiger partial charge in [-0.3, -0.25) is 0 Å². The van der Waals surface area contributed by atoms with E-state index in [0.29, 0.717) is 11.4 Å². The lowest BCUT2D eigenvalue weighted by Gasteiger charge is -2.04. The molecule has 0 unspecified atom stereocenters. The summed E-state index contributed by atoms with van der Waals surface area (Å²) in [7, 11) is 0. The third-order valence-corrected chi connectivity index (χ3v) is 3.60. The first-order chi connectivity index (χ1) is 10.1. The van der Waals surface area contributed by atoms with Crippen molar-refractivity contribution in [2.75, 3.05) is 0 Å². The van der Waals surface area contributed by atoms with Gasteiger partial charge in [-0.15, -0.1) is 0 Å². The number of carbonyl (C=O) groups is 1. The topological polar surface area (TPSA) is 55.1 Å². The molecule has 4 nitrogen and oxygen atoms in total. The molecular weight excluding hydrogens is 332 g/mol. The van der Waals surface area contributed by atoms with Crippen molar-refractivity contribution in [2.45, 2.75) is 0 Å². The van der Waals surface area contributed by atoms with Gasteiger partial charge in [-0.25, -0.2) is 9.48 Å². The standard InChI is InChI=1S/C16H11BrN2O2/c17-12-6-8-13(9-7-12)19-15(16(20)21)10-14(18-19)11-4-2-1-3-5-11/h1-10H,(H,20,21). The molecule has 2 aromatic carbocycles. The summed E-state index contributed by atoms with van der Waals surface area (Å²) in [5.74, 6) is -1.01. The van der Waals surface area contributed by atoms with Gasteiger partial charge in [0.05, 0.1) is 11.4 Å². The van der Waals surface area contributed by atoms with E-state index in [2.05, 4.69) is 21.0 Å². The minimum absolute atomic E-state index is 0.135. The van der Waals surface area contributed by atoms with E-state index >= 15 is 0 Å². The lowest BCUT2D eigenvalue weighted by atomic mass is 10.1. The number of halogens is 1. The molecule has 21 heavy (non-hydrogen) atoms. The number of benzene rings is 2. The van der Waals surface area contributed by atoms with Crippen LogP contribution in [-0.4, -0.2) is 20.9 Å². The van der Waals surface area contributed by atoms with E-state index < -0.39 is 5.97 Å². The van der Waals surface area contributed by atoms with Crippen LogP contribution in [0.2, 0.25) is 0 Å². The minimum atomic E-state index is -1.01. The lowest BCUT2D eigenvalue weighted by molar-refractivity contribution is 0.0687. The van der Waals surface area contributed by atoms with Gasteiger partial charge in [0, 0.05) is 10.0 Å². The first-order valence-electron chi connectivity index (χ1n) is 6.30. The molecule has 0 amide bonds. The molecule has 0 aliphatic carbocycles. The van der Waals surface area contributed by atoms with Gasteiger partial charge in [0.25, 0.3) is 0 Å². The molecule has 3 aromatic rings. The summed E-state index contributed by atoms with van der Waals surface area (Å²) < 4.78 is 2.37. The highest BCUT2D eigenvalue weighted by Gasteiger charge is 2.16. The fourth-order valence-corrected chi connectivity index (χ4v) is 2.33. The third-order valence-electron chi connectivity index (χ3n) is 3.07. The lowest BCUT2D eigenvalue weighted by Crippen LogP contribution is -2.07. The Bertz CT molecular complexity index is 780. The van der Waals surface area contributed by atoms with Gasteiger partial charge in [-0.05, 0) is 30.3 Å². The van der Waals surface area contributed by atoms with Gasteiger partial charge >= 0.3 is 5.97 Å². The second kappa shape index (κ2) is 5.54. The molecular formula is C16H11BrN2O2. The summed E-state index contributed by atoms with van der Waals surface area (Å²) in [6.07, 6.45) is 0. The van der Waals surface area contributed by atoms with Crippen LogP contribution in [-0.2, 0) is 0 Å². The summed E-state index contributed by atoms with van der Waals surface area (Å²) in [5, 5.41) is 13.8. The molecule has 0 saturated carbocycles. The summed E-state index contributed by atoms with van der Waals surface area (Å²) in [5.41, 5.74) is 2.36. The van der Waals surface area contributed by atoms with Gasteiger partial charge in [-0.1, -0.05) is 46.3 Å². The summed E-state index contributed by atoms with van der Waals surface area (Å²) >= 11 is 3.36. The molecule has 0 aliphatic heterocycles. The van der Waals surface area contributed by atoms with Crippen molar-refractivity contribution < 1.29 is 9.90 Å². The highest BCUT2D eigenvalue weighted by molar-refractivity contribution is 9.10. The number of hydrogen-bond acceptors (Lipinski definition) is 2. The maximum atomic E-state index is 11.4. The number of nitrogens with zero attached hydrogens (tertiary/aromatic N) is 2. The minimum Gasteiger partial charge on any atom is -0.477 e. The first-order valence-corrected chi connectivity index (χ1v) is 7.09. The number of carboxylic acid groups (broad SMARTS) is 1. The van der Waals surface area contributed by atoms with Crippen LogP contribution in [0.5, 0.6) is 0 Å². The number of aromatic carboxylic acids is 1. The van der Waals surface area contributed by atoms with Crippen LogP contribution in [0.1, 0.15) is 10.5 Å². The van der Waals surface area contributed by atoms with Crippen LogP contribution < -0.4 is 0 Å². The predicted octanol–water partition coefficient (Wildman–Crippen LogP) is 4.00. The molecule has 104 valence electrons. The van der Waals surface area contributed by atoms with Gasteiger partial charge in [0.2, 0.25) is 0 Å². The van der Waals surface area contributed by atoms with E-state index in [4.69, 9.17) is 0 Å². The zero-order valence-corrected chi connectivity index (χ0v) is 12.5. The van der Waals surface area contributed by atoms with E-state index in [1.54, 1.807) is 6.07 Å². The average Bonchev–Trinajstić information content (AvgIpc) is 2.94. The van der Waals surface area contributed by atoms with Crippen LogP contribution in [0.25, 0.3) is 16.9 Å². The maximum Gasteiger partial charge on any atom is 0.354 e. The largest absolute Gasteiger partial charge is 0.477 e. The Morgan fingerprint density at radius 2 is 1.71 bits per heavy atom. The van der Waals surface area contributed by atoms with Crippen LogP contribution in [0, 0.1) is 0 Å². The van der Waals surface area contributed by atoms with Crippen molar-refractivity contribution >= 4 is 21.9 Å². The van der Waals surface area contributed by atoms with Gasteiger partial charge in [-0.2, -0.15) is 5.10 Å². The Labute approximate surface area is 129 Å². The summed E-state index contributed by atoms with van der Waals surface area (Å²) in [4.78, 5) is 11.4. The fraction of sp³-hybridized carbons (Fsp3) is 0. The van der Waals surface area contributed by atoms with Crippen molar-refractivity contribution in [2.24, 2.45) is 0 Å². The SMILES string of the molecule is O=C(O)c1cc(-c2ccccc2)nn1-c1ccc(Br)cc1. The zero-order chi connectivity index (χ0) is 14.8. The predicted molar refractivity (Wildman–Crippen MR) is 83.7 cm³/mol. The first kappa shape index (κ1) is 13.6. The van der Waals surface area contributed by atoms with Crippen LogP contribution in [0.15, 0.2) is 65.1 Å². The fourth-order valence-electron chi connectivity index (χ4n) is 2.06. The normalized spacial score (nSPS) is 10.5. The van der Waals surface area contributed by atoms with Gasteiger partial charge in [0.15, 0.2) is 5.69 Å². The van der Waals surface area contributed by atoms with Crippen LogP contribution in [0.3, 0.4) is 0 Å². The smallest absolute Gasteiger partial charge is 0.354 e. The molecule has 1 N–H and O–H groups in total. The summed E-state index contributed by atoms with van der Waals surface area (Å²) in [6, 6.07) is 18.4. The number of aromatic nitrogens is 2. The van der Waals surface area contributed by atoms with E-state index in [1.165, 1.54) is 4.68 Å². The zero-order valence-electron chi connectivity index (χ0n) is 10.9. The molecule has 0 spiro atoms. The number of carboxylic acids is 1. The Kier molecular flexibility index (Phi) is 3.58.